The zero-order chi connectivity index (χ0) is 15.6. The van der Waals surface area contributed by atoms with Gasteiger partial charge in [-0.25, -0.2) is 13.6 Å². The van der Waals surface area contributed by atoms with Gasteiger partial charge in [0.25, 0.3) is 5.69 Å². The summed E-state index contributed by atoms with van der Waals surface area (Å²) in [5.41, 5.74) is 0.0439. The maximum Gasteiger partial charge on any atom is 0.293 e. The van der Waals surface area contributed by atoms with E-state index >= 15 is 0 Å². The van der Waals surface area contributed by atoms with Crippen LogP contribution in [0, 0.1) is 10.1 Å². The summed E-state index contributed by atoms with van der Waals surface area (Å²) in [7, 11) is -1.93. The largest absolute Gasteiger partial charge is 0.377 e. The van der Waals surface area contributed by atoms with E-state index in [0.29, 0.717) is 5.69 Å². The van der Waals surface area contributed by atoms with Gasteiger partial charge in [0.15, 0.2) is 0 Å². The van der Waals surface area contributed by atoms with E-state index in [1.165, 1.54) is 12.1 Å². The lowest BCUT2D eigenvalue weighted by molar-refractivity contribution is -0.384. The Labute approximate surface area is 123 Å². The van der Waals surface area contributed by atoms with Crippen LogP contribution in [0.4, 0.5) is 11.4 Å². The third-order valence-electron chi connectivity index (χ3n) is 3.57. The van der Waals surface area contributed by atoms with Crippen molar-refractivity contribution in [3.05, 3.63) is 28.3 Å². The number of sulfonamides is 1. The molecular weight excluding hydrogens is 296 g/mol. The minimum atomic E-state index is -3.95. The molecule has 1 aliphatic heterocycles. The molecule has 1 fully saturated rings. The lowest BCUT2D eigenvalue weighted by atomic mass is 10.1. The fraction of sp³-hybridized carbons (Fsp3) is 0.500. The van der Waals surface area contributed by atoms with Gasteiger partial charge in [-0.2, -0.15) is 0 Å². The van der Waals surface area contributed by atoms with E-state index in [9.17, 15) is 18.5 Å². The summed E-state index contributed by atoms with van der Waals surface area (Å²) >= 11 is 0. The number of piperidine rings is 1. The van der Waals surface area contributed by atoms with Crippen LogP contribution in [0.3, 0.4) is 0 Å². The quantitative estimate of drug-likeness (QED) is 0.625. The molecule has 0 aromatic heterocycles. The van der Waals surface area contributed by atoms with E-state index < -0.39 is 14.9 Å². The summed E-state index contributed by atoms with van der Waals surface area (Å²) in [6.45, 7) is 1.83. The minimum absolute atomic E-state index is 0.139. The molecule has 0 unspecified atom stereocenters. The molecule has 3 N–H and O–H groups in total. The Morgan fingerprint density at radius 1 is 1.38 bits per heavy atom. The highest BCUT2D eigenvalue weighted by Gasteiger charge is 2.22. The predicted octanol–water partition coefficient (Wildman–Crippen LogP) is 0.748. The van der Waals surface area contributed by atoms with Crippen molar-refractivity contribution in [2.24, 2.45) is 5.14 Å². The second-order valence-corrected chi connectivity index (χ2v) is 6.76. The van der Waals surface area contributed by atoms with Gasteiger partial charge < -0.3 is 10.2 Å². The van der Waals surface area contributed by atoms with Gasteiger partial charge in [-0.05, 0) is 45.1 Å². The van der Waals surface area contributed by atoms with Gasteiger partial charge in [-0.15, -0.1) is 0 Å². The normalized spacial score (nSPS) is 17.6. The fourth-order valence-electron chi connectivity index (χ4n) is 2.33. The molecule has 0 bridgehead atoms. The highest BCUT2D eigenvalue weighted by molar-refractivity contribution is 7.89. The Kier molecular flexibility index (Phi) is 4.45. The van der Waals surface area contributed by atoms with Crippen molar-refractivity contribution in [3.8, 4) is 0 Å². The average molecular weight is 314 g/mol. The first kappa shape index (κ1) is 15.7. The molecule has 1 aliphatic rings. The Morgan fingerprint density at radius 2 is 2.00 bits per heavy atom. The van der Waals surface area contributed by atoms with Crippen molar-refractivity contribution >= 4 is 21.4 Å². The third-order valence-corrected chi connectivity index (χ3v) is 4.48. The molecule has 9 heteroatoms. The first-order valence-corrected chi connectivity index (χ1v) is 8.08. The molecule has 116 valence electrons. The second kappa shape index (κ2) is 5.96. The molecule has 0 saturated carbocycles. The smallest absolute Gasteiger partial charge is 0.293 e. The number of rotatable bonds is 4. The van der Waals surface area contributed by atoms with Gasteiger partial charge in [0, 0.05) is 12.1 Å². The van der Waals surface area contributed by atoms with Gasteiger partial charge in [0.2, 0.25) is 10.0 Å². The van der Waals surface area contributed by atoms with Crippen molar-refractivity contribution < 1.29 is 13.3 Å². The van der Waals surface area contributed by atoms with Gasteiger partial charge in [-0.1, -0.05) is 0 Å². The first-order chi connectivity index (χ1) is 9.77. The van der Waals surface area contributed by atoms with Gasteiger partial charge in [-0.3, -0.25) is 10.1 Å². The van der Waals surface area contributed by atoms with E-state index in [2.05, 4.69) is 10.2 Å². The standard InChI is InChI=1S/C12H18N4O4S/c1-15-6-4-9(5-7-15)14-11-3-2-10(21(13,19)20)8-12(11)16(17)18/h2-3,8-9,14H,4-7H2,1H3,(H2,13,19,20). The average Bonchev–Trinajstić information content (AvgIpc) is 2.40. The number of hydrogen-bond donors (Lipinski definition) is 2. The number of anilines is 1. The molecule has 1 heterocycles. The Morgan fingerprint density at radius 3 is 2.52 bits per heavy atom. The summed E-state index contributed by atoms with van der Waals surface area (Å²) in [5, 5.41) is 19.2. The first-order valence-electron chi connectivity index (χ1n) is 6.53. The lowest BCUT2D eigenvalue weighted by Crippen LogP contribution is -2.36. The zero-order valence-corrected chi connectivity index (χ0v) is 12.5. The van der Waals surface area contributed by atoms with Crippen molar-refractivity contribution in [1.29, 1.82) is 0 Å². The number of nitro groups is 1. The number of nitro benzene ring substituents is 1. The summed E-state index contributed by atoms with van der Waals surface area (Å²) in [6.07, 6.45) is 1.76. The van der Waals surface area contributed by atoms with E-state index in [-0.39, 0.29) is 16.6 Å². The Bertz CT molecular complexity index is 639. The second-order valence-electron chi connectivity index (χ2n) is 5.20. The molecule has 1 aromatic rings. The van der Waals surface area contributed by atoms with Crippen LogP contribution < -0.4 is 10.5 Å². The van der Waals surface area contributed by atoms with Gasteiger partial charge in [0.1, 0.15) is 5.69 Å². The molecule has 0 spiro atoms. The number of benzene rings is 1. The van der Waals surface area contributed by atoms with Crippen LogP contribution in [-0.4, -0.2) is 44.4 Å². The molecule has 0 atom stereocenters. The molecule has 8 nitrogen and oxygen atoms in total. The van der Waals surface area contributed by atoms with E-state index in [1.807, 2.05) is 7.05 Å². The number of primary sulfonamides is 1. The predicted molar refractivity (Wildman–Crippen MR) is 78.6 cm³/mol. The van der Waals surface area contributed by atoms with Crippen LogP contribution >= 0.6 is 0 Å². The number of hydrogen-bond acceptors (Lipinski definition) is 6. The van der Waals surface area contributed by atoms with E-state index in [1.54, 1.807) is 0 Å². The van der Waals surface area contributed by atoms with Crippen LogP contribution in [0.2, 0.25) is 0 Å². The Balaban J connectivity index is 2.25. The topological polar surface area (TPSA) is 119 Å². The maximum absolute atomic E-state index is 11.3. The zero-order valence-electron chi connectivity index (χ0n) is 11.7. The van der Waals surface area contributed by atoms with Crippen LogP contribution in [0.1, 0.15) is 12.8 Å². The van der Waals surface area contributed by atoms with Crippen LogP contribution in [0.15, 0.2) is 23.1 Å². The van der Waals surface area contributed by atoms with Crippen molar-refractivity contribution in [2.75, 3.05) is 25.5 Å². The number of nitrogens with one attached hydrogen (secondary N) is 1. The number of nitrogens with zero attached hydrogens (tertiary/aromatic N) is 2. The highest BCUT2D eigenvalue weighted by Crippen LogP contribution is 2.29. The van der Waals surface area contributed by atoms with Crippen LogP contribution in [0.5, 0.6) is 0 Å². The summed E-state index contributed by atoms with van der Waals surface area (Å²) in [4.78, 5) is 12.4. The van der Waals surface area contributed by atoms with E-state index in [0.717, 1.165) is 32.0 Å². The lowest BCUT2D eigenvalue weighted by Gasteiger charge is -2.30. The monoisotopic (exact) mass is 314 g/mol. The maximum atomic E-state index is 11.3. The summed E-state index contributed by atoms with van der Waals surface area (Å²) in [5.74, 6) is 0. The number of likely N-dealkylation sites (tertiary alicyclic amines) is 1. The van der Waals surface area contributed by atoms with Crippen molar-refractivity contribution in [3.63, 3.8) is 0 Å². The van der Waals surface area contributed by atoms with Crippen LogP contribution in [0.25, 0.3) is 0 Å². The third kappa shape index (κ3) is 3.90. The molecule has 1 aromatic carbocycles. The van der Waals surface area contributed by atoms with Gasteiger partial charge in [0.05, 0.1) is 9.82 Å². The Hall–Kier alpha value is -1.71. The summed E-state index contributed by atoms with van der Waals surface area (Å²) in [6, 6.07) is 3.81. The molecule has 2 rings (SSSR count). The van der Waals surface area contributed by atoms with Crippen LogP contribution in [-0.2, 0) is 10.0 Å². The summed E-state index contributed by atoms with van der Waals surface area (Å²) < 4.78 is 22.5. The molecule has 0 aliphatic carbocycles. The van der Waals surface area contributed by atoms with Crippen molar-refractivity contribution in [1.82, 2.24) is 4.90 Å². The van der Waals surface area contributed by atoms with E-state index in [4.69, 9.17) is 5.14 Å². The fourth-order valence-corrected chi connectivity index (χ4v) is 2.87. The van der Waals surface area contributed by atoms with Crippen molar-refractivity contribution in [2.45, 2.75) is 23.8 Å². The molecule has 0 radical (unpaired) electrons. The molecule has 21 heavy (non-hydrogen) atoms. The molecule has 0 amide bonds. The van der Waals surface area contributed by atoms with Gasteiger partial charge >= 0.3 is 0 Å². The minimum Gasteiger partial charge on any atom is -0.377 e. The highest BCUT2D eigenvalue weighted by atomic mass is 32.2. The SMILES string of the molecule is CN1CCC(Nc2ccc(S(N)(=O)=O)cc2[N+](=O)[O-])CC1. The molecular formula is C12H18N4O4S. The number of nitrogens with two attached hydrogens (primary N) is 1. The molecule has 1 saturated heterocycles.